The van der Waals surface area contributed by atoms with Crippen molar-refractivity contribution in [3.05, 3.63) is 83.6 Å². The maximum Gasteiger partial charge on any atom is 0.260 e. The molecule has 1 unspecified atom stereocenters. The van der Waals surface area contributed by atoms with Crippen LogP contribution < -0.4 is 0 Å². The third kappa shape index (κ3) is 4.68. The van der Waals surface area contributed by atoms with Gasteiger partial charge in [0.05, 0.1) is 12.8 Å². The zero-order valence-corrected chi connectivity index (χ0v) is 22.6. The van der Waals surface area contributed by atoms with Crippen molar-refractivity contribution >= 4 is 10.0 Å². The van der Waals surface area contributed by atoms with E-state index in [1.165, 1.54) is 16.7 Å². The van der Waals surface area contributed by atoms with Gasteiger partial charge in [0.25, 0.3) is 10.0 Å². The van der Waals surface area contributed by atoms with Gasteiger partial charge in [-0.25, -0.2) is 8.42 Å². The zero-order chi connectivity index (χ0) is 26.2. The number of nitrogens with zero attached hydrogens (tertiary/aromatic N) is 4. The Labute approximate surface area is 220 Å². The number of sulfonamides is 1. The van der Waals surface area contributed by atoms with E-state index >= 15 is 0 Å². The topological polar surface area (TPSA) is 78.7 Å². The normalized spacial score (nSPS) is 23.6. The summed E-state index contributed by atoms with van der Waals surface area (Å²) >= 11 is 0. The molecule has 0 spiro atoms. The van der Waals surface area contributed by atoms with Crippen LogP contribution in [0.5, 0.6) is 0 Å². The van der Waals surface area contributed by atoms with Gasteiger partial charge in [-0.2, -0.15) is 9.40 Å². The van der Waals surface area contributed by atoms with Crippen molar-refractivity contribution in [1.82, 2.24) is 19.0 Å². The Morgan fingerprint density at radius 3 is 2.51 bits per heavy atom. The maximum atomic E-state index is 13.7. The SMILES string of the molecule is CCCn1nccc1S(=O)(=O)N1C/C=C\CN2C(C1)[C@H](c1ccc(-c3cccc(C)c3C)cc1)[C@H]2CO. The van der Waals surface area contributed by atoms with E-state index in [-0.39, 0.29) is 29.6 Å². The van der Waals surface area contributed by atoms with E-state index in [1.807, 2.05) is 19.1 Å². The molecular formula is C29H36N4O3S. The molecule has 37 heavy (non-hydrogen) atoms. The minimum absolute atomic E-state index is 0.0222. The lowest BCUT2D eigenvalue weighted by Gasteiger charge is -2.56. The molecular weight excluding hydrogens is 484 g/mol. The first-order chi connectivity index (χ1) is 17.9. The van der Waals surface area contributed by atoms with E-state index < -0.39 is 10.0 Å². The zero-order valence-electron chi connectivity index (χ0n) is 21.8. The molecule has 0 amide bonds. The third-order valence-corrected chi connectivity index (χ3v) is 9.83. The predicted molar refractivity (Wildman–Crippen MR) is 146 cm³/mol. The molecule has 0 aliphatic carbocycles. The number of hydrogen-bond donors (Lipinski definition) is 1. The van der Waals surface area contributed by atoms with Gasteiger partial charge in [0.2, 0.25) is 0 Å². The van der Waals surface area contributed by atoms with Crippen molar-refractivity contribution in [3.63, 3.8) is 0 Å². The summed E-state index contributed by atoms with van der Waals surface area (Å²) < 4.78 is 30.6. The quantitative estimate of drug-likeness (QED) is 0.477. The molecule has 7 nitrogen and oxygen atoms in total. The molecule has 0 saturated carbocycles. The van der Waals surface area contributed by atoms with Crippen molar-refractivity contribution in [2.24, 2.45) is 0 Å². The van der Waals surface area contributed by atoms with Crippen LogP contribution in [0.1, 0.15) is 36.0 Å². The molecule has 0 radical (unpaired) electrons. The van der Waals surface area contributed by atoms with Crippen LogP contribution in [-0.4, -0.2) is 70.8 Å². The molecule has 196 valence electrons. The highest BCUT2D eigenvalue weighted by Gasteiger charge is 2.50. The van der Waals surface area contributed by atoms with E-state index in [0.29, 0.717) is 26.2 Å². The largest absolute Gasteiger partial charge is 0.395 e. The van der Waals surface area contributed by atoms with Crippen LogP contribution in [0, 0.1) is 13.8 Å². The monoisotopic (exact) mass is 520 g/mol. The Morgan fingerprint density at radius 1 is 1.03 bits per heavy atom. The minimum Gasteiger partial charge on any atom is -0.395 e. The van der Waals surface area contributed by atoms with Gasteiger partial charge in [0, 0.05) is 44.2 Å². The second-order valence-electron chi connectivity index (χ2n) is 10.1. The highest BCUT2D eigenvalue weighted by Crippen LogP contribution is 2.42. The molecule has 2 aliphatic rings. The lowest BCUT2D eigenvalue weighted by molar-refractivity contribution is -0.0415. The first-order valence-corrected chi connectivity index (χ1v) is 14.5. The molecule has 1 fully saturated rings. The number of fused-ring (bicyclic) bond motifs is 1. The fourth-order valence-corrected chi connectivity index (χ4v) is 7.37. The van der Waals surface area contributed by atoms with Crippen LogP contribution >= 0.6 is 0 Å². The molecule has 3 aromatic rings. The number of aromatic nitrogens is 2. The summed E-state index contributed by atoms with van der Waals surface area (Å²) in [6.07, 6.45) is 6.29. The fourth-order valence-electron chi connectivity index (χ4n) is 5.83. The Hall–Kier alpha value is -2.78. The molecule has 0 bridgehead atoms. The number of aryl methyl sites for hydroxylation is 2. The van der Waals surface area contributed by atoms with Crippen LogP contribution in [0.2, 0.25) is 0 Å². The van der Waals surface area contributed by atoms with Crippen molar-refractivity contribution < 1.29 is 13.5 Å². The number of aliphatic hydroxyl groups excluding tert-OH is 1. The van der Waals surface area contributed by atoms with E-state index in [1.54, 1.807) is 21.3 Å². The first-order valence-electron chi connectivity index (χ1n) is 13.1. The van der Waals surface area contributed by atoms with Crippen LogP contribution in [0.3, 0.4) is 0 Å². The fraction of sp³-hybridized carbons (Fsp3) is 0.414. The van der Waals surface area contributed by atoms with Gasteiger partial charge in [-0.15, -0.1) is 0 Å². The minimum atomic E-state index is -3.72. The molecule has 2 aromatic carbocycles. The average Bonchev–Trinajstić information content (AvgIpc) is 3.35. The number of hydrogen-bond acceptors (Lipinski definition) is 5. The highest BCUT2D eigenvalue weighted by molar-refractivity contribution is 7.89. The molecule has 3 heterocycles. The van der Waals surface area contributed by atoms with Crippen molar-refractivity contribution in [1.29, 1.82) is 0 Å². The lowest BCUT2D eigenvalue weighted by Crippen LogP contribution is -2.67. The van der Waals surface area contributed by atoms with Gasteiger partial charge in [0.1, 0.15) is 0 Å². The van der Waals surface area contributed by atoms with E-state index in [2.05, 4.69) is 66.3 Å². The molecule has 8 heteroatoms. The molecule has 1 aromatic heterocycles. The molecule has 3 atom stereocenters. The summed E-state index contributed by atoms with van der Waals surface area (Å²) in [6.45, 7) is 8.26. The standard InChI is InChI=1S/C29H36N4O3S/c1-4-16-33-28(14-15-30-33)37(35,36)31-17-5-6-18-32-26(19-31)29(27(32)20-34)24-12-10-23(11-13-24)25-9-7-8-21(2)22(25)3/h5-15,26-27,29,34H,4,16-20H2,1-3H3/b6-5-/t26?,27-,29+/m1/s1. The van der Waals surface area contributed by atoms with Gasteiger partial charge in [0.15, 0.2) is 5.03 Å². The lowest BCUT2D eigenvalue weighted by atomic mass is 9.74. The second-order valence-corrected chi connectivity index (χ2v) is 12.0. The summed E-state index contributed by atoms with van der Waals surface area (Å²) in [5.41, 5.74) is 6.05. The molecule has 5 rings (SSSR count). The van der Waals surface area contributed by atoms with E-state index in [0.717, 1.165) is 17.5 Å². The second kappa shape index (κ2) is 10.5. The van der Waals surface area contributed by atoms with Crippen LogP contribution in [-0.2, 0) is 16.6 Å². The Morgan fingerprint density at radius 2 is 1.78 bits per heavy atom. The van der Waals surface area contributed by atoms with Gasteiger partial charge < -0.3 is 5.11 Å². The summed E-state index contributed by atoms with van der Waals surface area (Å²) in [5.74, 6) is 0.0439. The van der Waals surface area contributed by atoms with Gasteiger partial charge in [-0.1, -0.05) is 61.5 Å². The third-order valence-electron chi connectivity index (χ3n) is 7.98. The van der Waals surface area contributed by atoms with Gasteiger partial charge in [-0.3, -0.25) is 9.58 Å². The van der Waals surface area contributed by atoms with Crippen LogP contribution in [0.4, 0.5) is 0 Å². The average molecular weight is 521 g/mol. The van der Waals surface area contributed by atoms with E-state index in [4.69, 9.17) is 0 Å². The van der Waals surface area contributed by atoms with Crippen molar-refractivity contribution in [2.75, 3.05) is 26.2 Å². The predicted octanol–water partition coefficient (Wildman–Crippen LogP) is 3.97. The Balaban J connectivity index is 1.44. The Kier molecular flexibility index (Phi) is 7.36. The summed E-state index contributed by atoms with van der Waals surface area (Å²) in [7, 11) is -3.72. The van der Waals surface area contributed by atoms with Crippen LogP contribution in [0.25, 0.3) is 11.1 Å². The van der Waals surface area contributed by atoms with E-state index in [9.17, 15) is 13.5 Å². The smallest absolute Gasteiger partial charge is 0.260 e. The molecule has 1 saturated heterocycles. The van der Waals surface area contributed by atoms with Gasteiger partial charge in [-0.05, 0) is 54.2 Å². The van der Waals surface area contributed by atoms with Crippen molar-refractivity contribution in [3.8, 4) is 11.1 Å². The van der Waals surface area contributed by atoms with Crippen LogP contribution in [0.15, 0.2) is 71.9 Å². The van der Waals surface area contributed by atoms with Crippen molar-refractivity contribution in [2.45, 2.75) is 56.8 Å². The maximum absolute atomic E-state index is 13.7. The molecule has 2 aliphatic heterocycles. The molecule has 1 N–H and O–H groups in total. The summed E-state index contributed by atoms with van der Waals surface area (Å²) in [6, 6.07) is 16.5. The van der Waals surface area contributed by atoms with Gasteiger partial charge >= 0.3 is 0 Å². The number of benzene rings is 2. The highest BCUT2D eigenvalue weighted by atomic mass is 32.2. The Bertz CT molecular complexity index is 1380. The number of rotatable bonds is 7. The number of aliphatic hydroxyl groups is 1. The first kappa shape index (κ1) is 25.9. The summed E-state index contributed by atoms with van der Waals surface area (Å²) in [4.78, 5) is 2.23. The summed E-state index contributed by atoms with van der Waals surface area (Å²) in [5, 5.41) is 14.8.